The predicted molar refractivity (Wildman–Crippen MR) is 73.5 cm³/mol. The van der Waals surface area contributed by atoms with E-state index in [0.29, 0.717) is 5.88 Å². The molecule has 0 aromatic carbocycles. The van der Waals surface area contributed by atoms with E-state index < -0.39 is 20.5 Å². The topological polar surface area (TPSA) is 63.2 Å². The van der Waals surface area contributed by atoms with Gasteiger partial charge in [-0.25, -0.2) is 8.42 Å². The van der Waals surface area contributed by atoms with Gasteiger partial charge < -0.3 is 5.32 Å². The minimum absolute atomic E-state index is 0.00442. The first-order valence-corrected chi connectivity index (χ1v) is 8.69. The zero-order chi connectivity index (χ0) is 14.0. The minimum atomic E-state index is -3.42. The lowest BCUT2D eigenvalue weighted by Gasteiger charge is -2.33. The van der Waals surface area contributed by atoms with E-state index in [9.17, 15) is 13.2 Å². The average Bonchev–Trinajstić information content (AvgIpc) is 2.28. The number of hydrogen-bond donors (Lipinski definition) is 1. The predicted octanol–water partition coefficient (Wildman–Crippen LogP) is 1.72. The number of carbonyl (C=O) groups is 1. The standard InChI is InChI=1S/C12H22ClNO3S/c1-12(2,18(3,16)17)11(15)14-10-7-5-4-6-9(10)8-13/h9-10H,4-8H2,1-3H3,(H,14,15). The smallest absolute Gasteiger partial charge is 0.241 e. The zero-order valence-corrected chi connectivity index (χ0v) is 12.8. The molecule has 0 saturated heterocycles. The number of sulfone groups is 1. The second-order valence-electron chi connectivity index (χ2n) is 5.56. The van der Waals surface area contributed by atoms with Crippen LogP contribution in [0.3, 0.4) is 0 Å². The Balaban J connectivity index is 2.75. The van der Waals surface area contributed by atoms with Gasteiger partial charge in [0.1, 0.15) is 4.75 Å². The van der Waals surface area contributed by atoms with Gasteiger partial charge in [0.2, 0.25) is 5.91 Å². The van der Waals surface area contributed by atoms with E-state index in [4.69, 9.17) is 11.6 Å². The molecular formula is C12H22ClNO3S. The second-order valence-corrected chi connectivity index (χ2v) is 8.43. The molecule has 2 atom stereocenters. The summed E-state index contributed by atoms with van der Waals surface area (Å²) in [6.45, 7) is 2.88. The molecule has 6 heteroatoms. The van der Waals surface area contributed by atoms with Crippen molar-refractivity contribution in [2.24, 2.45) is 5.92 Å². The Bertz CT molecular complexity index is 406. The van der Waals surface area contributed by atoms with E-state index in [1.54, 1.807) is 0 Å². The van der Waals surface area contributed by atoms with Gasteiger partial charge >= 0.3 is 0 Å². The van der Waals surface area contributed by atoms with Crippen LogP contribution >= 0.6 is 11.6 Å². The van der Waals surface area contributed by atoms with Crippen molar-refractivity contribution >= 4 is 27.3 Å². The van der Waals surface area contributed by atoms with E-state index in [1.165, 1.54) is 13.8 Å². The summed E-state index contributed by atoms with van der Waals surface area (Å²) in [7, 11) is -3.42. The molecule has 1 aliphatic carbocycles. The van der Waals surface area contributed by atoms with Crippen LogP contribution in [0, 0.1) is 5.92 Å². The Morgan fingerprint density at radius 3 is 2.39 bits per heavy atom. The van der Waals surface area contributed by atoms with Gasteiger partial charge in [0.25, 0.3) is 0 Å². The molecule has 18 heavy (non-hydrogen) atoms. The van der Waals surface area contributed by atoms with Crippen LogP contribution in [-0.2, 0) is 14.6 Å². The number of halogens is 1. The maximum absolute atomic E-state index is 12.1. The van der Waals surface area contributed by atoms with Gasteiger partial charge in [0.05, 0.1) is 0 Å². The monoisotopic (exact) mass is 295 g/mol. The van der Waals surface area contributed by atoms with E-state index in [2.05, 4.69) is 5.32 Å². The normalized spacial score (nSPS) is 25.8. The maximum atomic E-state index is 12.1. The van der Waals surface area contributed by atoms with Crippen LogP contribution < -0.4 is 5.32 Å². The number of carbonyl (C=O) groups excluding carboxylic acids is 1. The van der Waals surface area contributed by atoms with Crippen molar-refractivity contribution in [3.8, 4) is 0 Å². The van der Waals surface area contributed by atoms with Crippen molar-refractivity contribution in [1.82, 2.24) is 5.32 Å². The number of rotatable bonds is 4. The lowest BCUT2D eigenvalue weighted by atomic mass is 9.85. The van der Waals surface area contributed by atoms with Crippen LogP contribution in [-0.4, -0.2) is 37.2 Å². The maximum Gasteiger partial charge on any atom is 0.241 e. The molecule has 0 aliphatic heterocycles. The van der Waals surface area contributed by atoms with Crippen molar-refractivity contribution in [2.75, 3.05) is 12.1 Å². The molecule has 0 aromatic rings. The third-order valence-electron chi connectivity index (χ3n) is 3.90. The lowest BCUT2D eigenvalue weighted by molar-refractivity contribution is -0.124. The third-order valence-corrected chi connectivity index (χ3v) is 6.33. The summed E-state index contributed by atoms with van der Waals surface area (Å²) >= 11 is 5.89. The second kappa shape index (κ2) is 5.78. The first-order chi connectivity index (χ1) is 8.20. The van der Waals surface area contributed by atoms with Crippen LogP contribution in [0.5, 0.6) is 0 Å². The number of nitrogens with one attached hydrogen (secondary N) is 1. The number of hydrogen-bond acceptors (Lipinski definition) is 3. The summed E-state index contributed by atoms with van der Waals surface area (Å²) in [4.78, 5) is 12.1. The molecule has 106 valence electrons. The van der Waals surface area contributed by atoms with Gasteiger partial charge in [-0.15, -0.1) is 11.6 Å². The van der Waals surface area contributed by atoms with Crippen molar-refractivity contribution in [2.45, 2.75) is 50.3 Å². The Morgan fingerprint density at radius 2 is 1.89 bits per heavy atom. The fourth-order valence-corrected chi connectivity index (χ4v) is 2.86. The van der Waals surface area contributed by atoms with Crippen LogP contribution in [0.4, 0.5) is 0 Å². The highest BCUT2D eigenvalue weighted by Gasteiger charge is 2.40. The van der Waals surface area contributed by atoms with Crippen LogP contribution in [0.2, 0.25) is 0 Å². The molecule has 0 heterocycles. The Labute approximate surface area is 114 Å². The fraction of sp³-hybridized carbons (Fsp3) is 0.917. The van der Waals surface area contributed by atoms with Crippen molar-refractivity contribution < 1.29 is 13.2 Å². The van der Waals surface area contributed by atoms with Gasteiger partial charge in [-0.05, 0) is 32.6 Å². The van der Waals surface area contributed by atoms with Gasteiger partial charge in [0.15, 0.2) is 9.84 Å². The molecule has 0 radical (unpaired) electrons. The molecular weight excluding hydrogens is 274 g/mol. The number of alkyl halides is 1. The summed E-state index contributed by atoms with van der Waals surface area (Å²) in [5.41, 5.74) is 0. The largest absolute Gasteiger partial charge is 0.352 e. The van der Waals surface area contributed by atoms with Gasteiger partial charge in [-0.2, -0.15) is 0 Å². The van der Waals surface area contributed by atoms with Crippen LogP contribution in [0.1, 0.15) is 39.5 Å². The van der Waals surface area contributed by atoms with E-state index in [0.717, 1.165) is 31.9 Å². The summed E-state index contributed by atoms with van der Waals surface area (Å²) in [5, 5.41) is 2.86. The molecule has 2 unspecified atom stereocenters. The zero-order valence-electron chi connectivity index (χ0n) is 11.2. The Kier molecular flexibility index (Phi) is 5.06. The molecule has 1 N–H and O–H groups in total. The molecule has 0 aromatic heterocycles. The first-order valence-electron chi connectivity index (χ1n) is 6.26. The molecule has 0 bridgehead atoms. The number of amides is 1. The molecule has 1 fully saturated rings. The molecule has 1 aliphatic rings. The molecule has 4 nitrogen and oxygen atoms in total. The summed E-state index contributed by atoms with van der Waals surface area (Å²) in [6, 6.07) is 0.00442. The SMILES string of the molecule is CC(C)(C(=O)NC1CCCCC1CCl)S(C)(=O)=O. The van der Waals surface area contributed by atoms with E-state index in [1.807, 2.05) is 0 Å². The van der Waals surface area contributed by atoms with Gasteiger partial charge in [0, 0.05) is 18.2 Å². The van der Waals surface area contributed by atoms with Crippen molar-refractivity contribution in [1.29, 1.82) is 0 Å². The average molecular weight is 296 g/mol. The summed E-state index contributed by atoms with van der Waals surface area (Å²) in [5.74, 6) is 0.330. The third kappa shape index (κ3) is 3.38. The Hall–Kier alpha value is -0.290. The summed E-state index contributed by atoms with van der Waals surface area (Å²) < 4.78 is 21.8. The van der Waals surface area contributed by atoms with Gasteiger partial charge in [-0.3, -0.25) is 4.79 Å². The van der Waals surface area contributed by atoms with Crippen molar-refractivity contribution in [3.63, 3.8) is 0 Å². The van der Waals surface area contributed by atoms with Gasteiger partial charge in [-0.1, -0.05) is 12.8 Å². The quantitative estimate of drug-likeness (QED) is 0.803. The minimum Gasteiger partial charge on any atom is -0.352 e. The van der Waals surface area contributed by atoms with E-state index >= 15 is 0 Å². The highest BCUT2D eigenvalue weighted by Crippen LogP contribution is 2.26. The lowest BCUT2D eigenvalue weighted by Crippen LogP contribution is -2.53. The Morgan fingerprint density at radius 1 is 1.33 bits per heavy atom. The van der Waals surface area contributed by atoms with E-state index in [-0.39, 0.29) is 12.0 Å². The highest BCUT2D eigenvalue weighted by molar-refractivity contribution is 7.92. The highest BCUT2D eigenvalue weighted by atomic mass is 35.5. The van der Waals surface area contributed by atoms with Crippen LogP contribution in [0.15, 0.2) is 0 Å². The molecule has 1 saturated carbocycles. The molecule has 1 amide bonds. The van der Waals surface area contributed by atoms with Crippen molar-refractivity contribution in [3.05, 3.63) is 0 Å². The van der Waals surface area contributed by atoms with Crippen LogP contribution in [0.25, 0.3) is 0 Å². The molecule has 0 spiro atoms. The fourth-order valence-electron chi connectivity index (χ4n) is 2.09. The summed E-state index contributed by atoms with van der Waals surface area (Å²) in [6.07, 6.45) is 5.14. The first kappa shape index (κ1) is 15.8. The molecule has 1 rings (SSSR count).